The van der Waals surface area contributed by atoms with Crippen molar-refractivity contribution in [3.05, 3.63) is 29.8 Å². The number of aliphatic hydroxyl groups excluding tert-OH is 1. The SMILES string of the molecule is OCCCCOc1ccc(CNC2CC2)cc1. The van der Waals surface area contributed by atoms with Crippen LogP contribution in [0.25, 0.3) is 0 Å². The summed E-state index contributed by atoms with van der Waals surface area (Å²) < 4.78 is 5.57. The molecule has 2 rings (SSSR count). The standard InChI is InChI=1S/C14H21NO2/c16-9-1-2-10-17-14-7-3-12(4-8-14)11-15-13-5-6-13/h3-4,7-8,13,15-16H,1-2,5-6,9-11H2. The topological polar surface area (TPSA) is 41.5 Å². The van der Waals surface area contributed by atoms with E-state index < -0.39 is 0 Å². The predicted octanol–water partition coefficient (Wildman–Crippen LogP) is 2.09. The van der Waals surface area contributed by atoms with Crippen LogP contribution < -0.4 is 10.1 Å². The van der Waals surface area contributed by atoms with Crippen LogP contribution in [0.3, 0.4) is 0 Å². The van der Waals surface area contributed by atoms with Crippen molar-refractivity contribution < 1.29 is 9.84 Å². The van der Waals surface area contributed by atoms with Gasteiger partial charge >= 0.3 is 0 Å². The third kappa shape index (κ3) is 4.75. The molecule has 2 N–H and O–H groups in total. The van der Waals surface area contributed by atoms with Gasteiger partial charge in [-0.25, -0.2) is 0 Å². The summed E-state index contributed by atoms with van der Waals surface area (Å²) in [6.07, 6.45) is 4.36. The number of hydrogen-bond acceptors (Lipinski definition) is 3. The lowest BCUT2D eigenvalue weighted by Crippen LogP contribution is -2.15. The second-order valence-electron chi connectivity index (χ2n) is 4.58. The molecule has 3 heteroatoms. The maximum absolute atomic E-state index is 8.65. The van der Waals surface area contributed by atoms with Gasteiger partial charge in [-0.05, 0) is 43.4 Å². The molecule has 3 nitrogen and oxygen atoms in total. The van der Waals surface area contributed by atoms with Crippen LogP contribution in [0.1, 0.15) is 31.2 Å². The van der Waals surface area contributed by atoms with Crippen molar-refractivity contribution in [1.29, 1.82) is 0 Å². The first-order valence-corrected chi connectivity index (χ1v) is 6.44. The Balaban J connectivity index is 1.68. The van der Waals surface area contributed by atoms with Crippen molar-refractivity contribution in [2.24, 2.45) is 0 Å². The highest BCUT2D eigenvalue weighted by Crippen LogP contribution is 2.19. The molecule has 1 aliphatic rings. The molecular weight excluding hydrogens is 214 g/mol. The van der Waals surface area contributed by atoms with Gasteiger partial charge in [0, 0.05) is 19.2 Å². The van der Waals surface area contributed by atoms with Gasteiger partial charge < -0.3 is 15.2 Å². The second-order valence-corrected chi connectivity index (χ2v) is 4.58. The quantitative estimate of drug-likeness (QED) is 0.678. The van der Waals surface area contributed by atoms with Gasteiger partial charge in [-0.3, -0.25) is 0 Å². The Morgan fingerprint density at radius 2 is 1.94 bits per heavy atom. The summed E-state index contributed by atoms with van der Waals surface area (Å²) in [4.78, 5) is 0. The minimum atomic E-state index is 0.245. The van der Waals surface area contributed by atoms with Gasteiger partial charge in [-0.1, -0.05) is 12.1 Å². The van der Waals surface area contributed by atoms with E-state index in [1.54, 1.807) is 0 Å². The van der Waals surface area contributed by atoms with Crippen molar-refractivity contribution >= 4 is 0 Å². The minimum absolute atomic E-state index is 0.245. The number of aliphatic hydroxyl groups is 1. The van der Waals surface area contributed by atoms with Gasteiger partial charge in [0.1, 0.15) is 5.75 Å². The van der Waals surface area contributed by atoms with Crippen LogP contribution in [0.4, 0.5) is 0 Å². The Labute approximate surface area is 103 Å². The van der Waals surface area contributed by atoms with Crippen molar-refractivity contribution in [2.75, 3.05) is 13.2 Å². The molecule has 0 aromatic heterocycles. The molecule has 0 bridgehead atoms. The van der Waals surface area contributed by atoms with E-state index in [1.807, 2.05) is 12.1 Å². The summed E-state index contributed by atoms with van der Waals surface area (Å²) in [6.45, 7) is 1.88. The minimum Gasteiger partial charge on any atom is -0.494 e. The Kier molecular flexibility index (Phi) is 4.83. The van der Waals surface area contributed by atoms with Crippen molar-refractivity contribution in [1.82, 2.24) is 5.32 Å². The van der Waals surface area contributed by atoms with E-state index in [-0.39, 0.29) is 6.61 Å². The zero-order chi connectivity index (χ0) is 11.9. The third-order valence-corrected chi connectivity index (χ3v) is 2.92. The smallest absolute Gasteiger partial charge is 0.119 e. The van der Waals surface area contributed by atoms with Crippen LogP contribution in [-0.2, 0) is 6.54 Å². The molecule has 0 aliphatic heterocycles. The zero-order valence-corrected chi connectivity index (χ0v) is 10.2. The molecular formula is C14H21NO2. The number of benzene rings is 1. The molecule has 1 fully saturated rings. The van der Waals surface area contributed by atoms with Crippen LogP contribution in [0.2, 0.25) is 0 Å². The fraction of sp³-hybridized carbons (Fsp3) is 0.571. The predicted molar refractivity (Wildman–Crippen MR) is 68.1 cm³/mol. The van der Waals surface area contributed by atoms with E-state index in [0.717, 1.165) is 31.2 Å². The Morgan fingerprint density at radius 1 is 1.18 bits per heavy atom. The molecule has 1 saturated carbocycles. The number of unbranched alkanes of at least 4 members (excludes halogenated alkanes) is 1. The first-order valence-electron chi connectivity index (χ1n) is 6.44. The van der Waals surface area contributed by atoms with Gasteiger partial charge in [0.15, 0.2) is 0 Å². The van der Waals surface area contributed by atoms with Crippen molar-refractivity contribution in [3.63, 3.8) is 0 Å². The average Bonchev–Trinajstić information content (AvgIpc) is 3.18. The number of hydrogen-bond donors (Lipinski definition) is 2. The van der Waals surface area contributed by atoms with Crippen molar-refractivity contribution in [2.45, 2.75) is 38.3 Å². The molecule has 1 aliphatic carbocycles. The lowest BCUT2D eigenvalue weighted by atomic mass is 10.2. The van der Waals surface area contributed by atoms with E-state index in [0.29, 0.717) is 6.61 Å². The molecule has 94 valence electrons. The van der Waals surface area contributed by atoms with Crippen LogP contribution >= 0.6 is 0 Å². The van der Waals surface area contributed by atoms with Crippen LogP contribution in [0, 0.1) is 0 Å². The average molecular weight is 235 g/mol. The monoisotopic (exact) mass is 235 g/mol. The number of ether oxygens (including phenoxy) is 1. The summed E-state index contributed by atoms with van der Waals surface area (Å²) in [6, 6.07) is 9.00. The van der Waals surface area contributed by atoms with E-state index in [2.05, 4.69) is 17.4 Å². The maximum atomic E-state index is 8.65. The molecule has 17 heavy (non-hydrogen) atoms. The molecule has 0 heterocycles. The van der Waals surface area contributed by atoms with Crippen molar-refractivity contribution in [3.8, 4) is 5.75 Å². The molecule has 0 amide bonds. The first kappa shape index (κ1) is 12.4. The van der Waals surface area contributed by atoms with Gasteiger partial charge in [0.25, 0.3) is 0 Å². The fourth-order valence-corrected chi connectivity index (χ4v) is 1.66. The van der Waals surface area contributed by atoms with E-state index >= 15 is 0 Å². The summed E-state index contributed by atoms with van der Waals surface area (Å²) >= 11 is 0. The highest BCUT2D eigenvalue weighted by Gasteiger charge is 2.19. The third-order valence-electron chi connectivity index (χ3n) is 2.92. The van der Waals surface area contributed by atoms with Crippen LogP contribution in [0.5, 0.6) is 5.75 Å². The summed E-state index contributed by atoms with van der Waals surface area (Å²) in [5, 5.41) is 12.1. The lowest BCUT2D eigenvalue weighted by Gasteiger charge is -2.07. The molecule has 0 atom stereocenters. The highest BCUT2D eigenvalue weighted by atomic mass is 16.5. The summed E-state index contributed by atoms with van der Waals surface area (Å²) in [5.74, 6) is 0.915. The van der Waals surface area contributed by atoms with Crippen LogP contribution in [0.15, 0.2) is 24.3 Å². The largest absolute Gasteiger partial charge is 0.494 e. The first-order chi connectivity index (χ1) is 8.38. The van der Waals surface area contributed by atoms with E-state index in [4.69, 9.17) is 9.84 Å². The van der Waals surface area contributed by atoms with Crippen LogP contribution in [-0.4, -0.2) is 24.4 Å². The molecule has 1 aromatic rings. The van der Waals surface area contributed by atoms with Gasteiger partial charge in [-0.2, -0.15) is 0 Å². The van der Waals surface area contributed by atoms with E-state index in [1.165, 1.54) is 18.4 Å². The molecule has 0 unspecified atom stereocenters. The number of rotatable bonds is 8. The summed E-state index contributed by atoms with van der Waals surface area (Å²) in [7, 11) is 0. The normalized spacial score (nSPS) is 14.9. The lowest BCUT2D eigenvalue weighted by molar-refractivity contribution is 0.253. The fourth-order valence-electron chi connectivity index (χ4n) is 1.66. The van der Waals surface area contributed by atoms with Gasteiger partial charge in [-0.15, -0.1) is 0 Å². The maximum Gasteiger partial charge on any atom is 0.119 e. The highest BCUT2D eigenvalue weighted by molar-refractivity contribution is 5.27. The van der Waals surface area contributed by atoms with Gasteiger partial charge in [0.05, 0.1) is 6.61 Å². The van der Waals surface area contributed by atoms with E-state index in [9.17, 15) is 0 Å². The molecule has 0 saturated heterocycles. The summed E-state index contributed by atoms with van der Waals surface area (Å²) in [5.41, 5.74) is 1.31. The molecule has 1 aromatic carbocycles. The molecule has 0 radical (unpaired) electrons. The Bertz CT molecular complexity index is 319. The molecule has 0 spiro atoms. The van der Waals surface area contributed by atoms with Gasteiger partial charge in [0.2, 0.25) is 0 Å². The number of nitrogens with one attached hydrogen (secondary N) is 1. The Morgan fingerprint density at radius 3 is 2.59 bits per heavy atom. The Hall–Kier alpha value is -1.06. The second kappa shape index (κ2) is 6.62. The zero-order valence-electron chi connectivity index (χ0n) is 10.2.